The topological polar surface area (TPSA) is 61.8 Å². The molecule has 6 heteroatoms. The van der Waals surface area contributed by atoms with E-state index in [0.717, 1.165) is 32.1 Å². The Morgan fingerprint density at radius 2 is 1.97 bits per heavy atom. The second-order valence-electron chi connectivity index (χ2n) is 11.5. The summed E-state index contributed by atoms with van der Waals surface area (Å²) >= 11 is 0. The van der Waals surface area contributed by atoms with Crippen LogP contribution >= 0.6 is 0 Å². The van der Waals surface area contributed by atoms with Crippen molar-refractivity contribution in [3.05, 3.63) is 12.2 Å². The van der Waals surface area contributed by atoms with E-state index in [0.29, 0.717) is 12.3 Å². The maximum Gasteiger partial charge on any atom is 0.312 e. The van der Waals surface area contributed by atoms with Crippen LogP contribution in [0.1, 0.15) is 45.4 Å². The quantitative estimate of drug-likeness (QED) is 0.393. The fourth-order valence-electron chi connectivity index (χ4n) is 8.29. The molecular formula is C23H34O5Si. The zero-order chi connectivity index (χ0) is 21.0. The average molecular weight is 419 g/mol. The van der Waals surface area contributed by atoms with Crippen molar-refractivity contribution in [2.24, 2.45) is 34.5 Å². The fourth-order valence-corrected chi connectivity index (χ4v) is 9.45. The Morgan fingerprint density at radius 1 is 1.24 bits per heavy atom. The minimum absolute atomic E-state index is 0.124. The number of ether oxygens (including phenoxy) is 2. The summed E-state index contributed by atoms with van der Waals surface area (Å²) in [5.41, 5.74) is -0.264. The summed E-state index contributed by atoms with van der Waals surface area (Å²) in [4.78, 5) is 26.6. The molecule has 4 aliphatic carbocycles. The maximum absolute atomic E-state index is 13.3. The van der Waals surface area contributed by atoms with E-state index in [9.17, 15) is 9.59 Å². The largest absolute Gasteiger partial charge is 0.469 e. The number of esters is 2. The minimum Gasteiger partial charge on any atom is -0.469 e. The second-order valence-corrected chi connectivity index (χ2v) is 16.0. The molecule has 0 N–H and O–H groups in total. The van der Waals surface area contributed by atoms with Gasteiger partial charge in [-0.2, -0.15) is 0 Å². The molecule has 0 radical (unpaired) electrons. The van der Waals surface area contributed by atoms with Gasteiger partial charge in [-0.1, -0.05) is 12.2 Å². The van der Waals surface area contributed by atoms with Gasteiger partial charge in [0, 0.05) is 11.8 Å². The van der Waals surface area contributed by atoms with E-state index in [-0.39, 0.29) is 41.2 Å². The number of carbonyl (C=O) groups excluding carboxylic acids is 2. The minimum atomic E-state index is -1.87. The molecule has 0 amide bonds. The first-order valence-corrected chi connectivity index (χ1v) is 14.6. The summed E-state index contributed by atoms with van der Waals surface area (Å²) in [6.07, 6.45) is 5.29. The highest BCUT2D eigenvalue weighted by atomic mass is 28.4. The molecule has 5 aliphatic rings. The Morgan fingerprint density at radius 3 is 2.62 bits per heavy atom. The summed E-state index contributed by atoms with van der Waals surface area (Å²) < 4.78 is 18.6. The van der Waals surface area contributed by atoms with Crippen molar-refractivity contribution in [2.45, 2.75) is 76.8 Å². The summed E-state index contributed by atoms with van der Waals surface area (Å²) in [5, 5.41) is 0. The number of hydrogen-bond acceptors (Lipinski definition) is 5. The summed E-state index contributed by atoms with van der Waals surface area (Å²) in [5.74, 6) is -0.161. The normalized spacial score (nSPS) is 50.2. The van der Waals surface area contributed by atoms with Crippen LogP contribution in [0.25, 0.3) is 0 Å². The Hall–Kier alpha value is -1.14. The number of rotatable bonds is 3. The van der Waals surface area contributed by atoms with Crippen LogP contribution in [-0.2, 0) is 23.5 Å². The lowest BCUT2D eigenvalue weighted by molar-refractivity contribution is -0.172. The lowest BCUT2D eigenvalue weighted by atomic mass is 9.59. The molecule has 8 unspecified atom stereocenters. The van der Waals surface area contributed by atoms with Crippen molar-refractivity contribution in [2.75, 3.05) is 7.11 Å². The molecule has 4 saturated carbocycles. The third kappa shape index (κ3) is 2.25. The molecular weight excluding hydrogens is 384 g/mol. The summed E-state index contributed by atoms with van der Waals surface area (Å²) in [7, 11) is -0.391. The molecule has 160 valence electrons. The van der Waals surface area contributed by atoms with Crippen LogP contribution in [0, 0.1) is 34.5 Å². The molecule has 1 spiro atoms. The molecule has 5 nitrogen and oxygen atoms in total. The maximum atomic E-state index is 13.3. The molecule has 5 fully saturated rings. The zero-order valence-corrected chi connectivity index (χ0v) is 19.4. The third-order valence-electron chi connectivity index (χ3n) is 9.04. The predicted molar refractivity (Wildman–Crippen MR) is 110 cm³/mol. The van der Waals surface area contributed by atoms with Crippen molar-refractivity contribution in [3.8, 4) is 0 Å². The monoisotopic (exact) mass is 418 g/mol. The third-order valence-corrected chi connectivity index (χ3v) is 10.0. The van der Waals surface area contributed by atoms with Gasteiger partial charge in [0.15, 0.2) is 8.32 Å². The highest BCUT2D eigenvalue weighted by molar-refractivity contribution is 6.69. The second kappa shape index (κ2) is 5.76. The van der Waals surface area contributed by atoms with Crippen LogP contribution < -0.4 is 0 Å². The van der Waals surface area contributed by atoms with Crippen LogP contribution in [0.15, 0.2) is 12.2 Å². The van der Waals surface area contributed by atoms with Gasteiger partial charge < -0.3 is 13.9 Å². The van der Waals surface area contributed by atoms with E-state index in [1.807, 2.05) is 6.92 Å². The Labute approximate surface area is 174 Å². The molecule has 0 aromatic heterocycles. The standard InChI is InChI=1S/C23H34O5Si/c1-13-11-22-12-14(13)7-8-15(22)23-16(28-29(4,5)6)9-10-21(2,20(25)27-23)18(23)17(22)19(24)26-3/h14-18H,1,7-12H2,2-6H3. The smallest absolute Gasteiger partial charge is 0.312 e. The highest BCUT2D eigenvalue weighted by Crippen LogP contribution is 2.78. The predicted octanol–water partition coefficient (Wildman–Crippen LogP) is 4.08. The van der Waals surface area contributed by atoms with Crippen LogP contribution in [0.4, 0.5) is 0 Å². The SMILES string of the molecule is C=C1CC23CC1CCC2C12OC(=O)C(C)(CCC1O[Si](C)(C)C)C2C3C(=O)OC. The van der Waals surface area contributed by atoms with Crippen LogP contribution in [0.5, 0.6) is 0 Å². The Kier molecular flexibility index (Phi) is 3.93. The number of fused-ring (bicyclic) bond motifs is 1. The summed E-state index contributed by atoms with van der Waals surface area (Å²) in [6.45, 7) is 13.0. The van der Waals surface area contributed by atoms with Crippen LogP contribution in [-0.4, -0.2) is 39.1 Å². The Bertz CT molecular complexity index is 802. The van der Waals surface area contributed by atoms with Gasteiger partial charge in [0.05, 0.1) is 24.5 Å². The number of methoxy groups -OCH3 is 1. The van der Waals surface area contributed by atoms with Gasteiger partial charge in [0.1, 0.15) is 5.60 Å². The molecule has 0 aromatic rings. The van der Waals surface area contributed by atoms with Crippen molar-refractivity contribution >= 4 is 20.3 Å². The van der Waals surface area contributed by atoms with Crippen molar-refractivity contribution in [3.63, 3.8) is 0 Å². The van der Waals surface area contributed by atoms with Crippen molar-refractivity contribution in [1.82, 2.24) is 0 Å². The van der Waals surface area contributed by atoms with Crippen molar-refractivity contribution in [1.29, 1.82) is 0 Å². The molecule has 0 aromatic carbocycles. The van der Waals surface area contributed by atoms with E-state index >= 15 is 0 Å². The summed E-state index contributed by atoms with van der Waals surface area (Å²) in [6, 6.07) is 0. The van der Waals surface area contributed by atoms with E-state index in [1.54, 1.807) is 0 Å². The molecule has 8 atom stereocenters. The highest BCUT2D eigenvalue weighted by Gasteiger charge is 2.84. The van der Waals surface area contributed by atoms with Crippen LogP contribution in [0.2, 0.25) is 19.6 Å². The van der Waals surface area contributed by atoms with Gasteiger partial charge in [0.25, 0.3) is 0 Å². The van der Waals surface area contributed by atoms with Gasteiger partial charge in [-0.25, -0.2) is 0 Å². The number of allylic oxidation sites excluding steroid dienone is 1. The van der Waals surface area contributed by atoms with Crippen molar-refractivity contribution < 1.29 is 23.5 Å². The van der Waals surface area contributed by atoms with Gasteiger partial charge >= 0.3 is 11.9 Å². The lowest BCUT2D eigenvalue weighted by Gasteiger charge is -2.49. The Balaban J connectivity index is 1.73. The van der Waals surface area contributed by atoms with E-state index in [2.05, 4.69) is 26.2 Å². The molecule has 29 heavy (non-hydrogen) atoms. The first-order chi connectivity index (χ1) is 13.5. The zero-order valence-electron chi connectivity index (χ0n) is 18.4. The van der Waals surface area contributed by atoms with Gasteiger partial charge in [-0.15, -0.1) is 0 Å². The number of hydrogen-bond donors (Lipinski definition) is 0. The average Bonchev–Trinajstić information content (AvgIpc) is 3.10. The van der Waals surface area contributed by atoms with E-state index in [1.165, 1.54) is 12.7 Å². The first kappa shape index (κ1) is 19.8. The molecule has 1 heterocycles. The van der Waals surface area contributed by atoms with Gasteiger partial charge in [-0.3, -0.25) is 9.59 Å². The van der Waals surface area contributed by atoms with Gasteiger partial charge in [0.2, 0.25) is 0 Å². The lowest BCUT2D eigenvalue weighted by Crippen LogP contribution is -2.59. The fraction of sp³-hybridized carbons (Fsp3) is 0.826. The molecule has 4 bridgehead atoms. The van der Waals surface area contributed by atoms with E-state index in [4.69, 9.17) is 13.9 Å². The van der Waals surface area contributed by atoms with E-state index < -0.39 is 19.3 Å². The van der Waals surface area contributed by atoms with Gasteiger partial charge in [-0.05, 0) is 76.4 Å². The molecule has 5 rings (SSSR count). The first-order valence-electron chi connectivity index (χ1n) is 11.2. The molecule has 1 saturated heterocycles. The van der Waals surface area contributed by atoms with Crippen LogP contribution in [0.3, 0.4) is 0 Å². The molecule has 1 aliphatic heterocycles. The number of carbonyl (C=O) groups is 2.